The maximum atomic E-state index is 5.31. The van der Waals surface area contributed by atoms with Crippen LogP contribution in [0.25, 0.3) is 11.5 Å². The van der Waals surface area contributed by atoms with Crippen LogP contribution in [0, 0.1) is 6.92 Å². The van der Waals surface area contributed by atoms with E-state index in [1.807, 2.05) is 12.1 Å². The molecular formula is C11H13N3O. The van der Waals surface area contributed by atoms with Gasteiger partial charge >= 0.3 is 0 Å². The summed E-state index contributed by atoms with van der Waals surface area (Å²) in [4.78, 5) is 4.34. The highest BCUT2D eigenvalue weighted by atomic mass is 16.4. The monoisotopic (exact) mass is 203 g/mol. The second-order valence-electron chi connectivity index (χ2n) is 3.75. The van der Waals surface area contributed by atoms with E-state index < -0.39 is 0 Å². The average molecular weight is 203 g/mol. The quantitative estimate of drug-likeness (QED) is 0.752. The third-order valence-electron chi connectivity index (χ3n) is 2.15. The Hall–Kier alpha value is -1.71. The number of hydrogen-bond acceptors (Lipinski definition) is 4. The molecular weight excluding hydrogens is 190 g/mol. The summed E-state index contributed by atoms with van der Waals surface area (Å²) in [5.41, 5.74) is 1.93. The molecule has 0 aliphatic carbocycles. The van der Waals surface area contributed by atoms with Crippen LogP contribution in [0.2, 0.25) is 0 Å². The van der Waals surface area contributed by atoms with E-state index >= 15 is 0 Å². The highest BCUT2D eigenvalue weighted by Crippen LogP contribution is 2.18. The largest absolute Gasteiger partial charge is 0.421 e. The number of rotatable bonds is 2. The van der Waals surface area contributed by atoms with E-state index in [4.69, 9.17) is 4.42 Å². The molecule has 0 aliphatic rings. The molecule has 2 aromatic heterocycles. The van der Waals surface area contributed by atoms with E-state index in [2.05, 4.69) is 29.0 Å². The van der Waals surface area contributed by atoms with E-state index in [1.165, 1.54) is 0 Å². The molecule has 0 unspecified atom stereocenters. The van der Waals surface area contributed by atoms with Crippen molar-refractivity contribution in [3.63, 3.8) is 0 Å². The van der Waals surface area contributed by atoms with Gasteiger partial charge in [-0.1, -0.05) is 13.8 Å². The van der Waals surface area contributed by atoms with Gasteiger partial charge in [-0.15, -0.1) is 10.2 Å². The van der Waals surface area contributed by atoms with Gasteiger partial charge in [-0.25, -0.2) is 0 Å². The first-order chi connectivity index (χ1) is 7.16. The van der Waals surface area contributed by atoms with Gasteiger partial charge in [0, 0.05) is 18.8 Å². The van der Waals surface area contributed by atoms with E-state index in [0.717, 1.165) is 11.3 Å². The van der Waals surface area contributed by atoms with Gasteiger partial charge in [0.2, 0.25) is 11.8 Å². The van der Waals surface area contributed by atoms with Gasteiger partial charge in [-0.2, -0.15) is 0 Å². The molecule has 0 amide bonds. The molecule has 2 heterocycles. The van der Waals surface area contributed by atoms with E-state index in [9.17, 15) is 0 Å². The number of nitrogens with zero attached hydrogens (tertiary/aromatic N) is 3. The van der Waals surface area contributed by atoms with Crippen LogP contribution in [0.5, 0.6) is 0 Å². The molecule has 0 spiro atoms. The zero-order valence-corrected chi connectivity index (χ0v) is 9.06. The van der Waals surface area contributed by atoms with Crippen LogP contribution >= 0.6 is 0 Å². The van der Waals surface area contributed by atoms with Crippen molar-refractivity contribution in [3.05, 3.63) is 29.9 Å². The minimum absolute atomic E-state index is 0.434. The predicted octanol–water partition coefficient (Wildman–Crippen LogP) is 2.56. The molecule has 15 heavy (non-hydrogen) atoms. The first-order valence-electron chi connectivity index (χ1n) is 4.93. The van der Waals surface area contributed by atoms with Crippen molar-refractivity contribution in [2.45, 2.75) is 26.7 Å². The molecule has 0 saturated carbocycles. The fraction of sp³-hybridized carbons (Fsp3) is 0.364. The van der Waals surface area contributed by atoms with Crippen LogP contribution in [0.15, 0.2) is 22.7 Å². The van der Waals surface area contributed by atoms with Gasteiger partial charge in [0.15, 0.2) is 0 Å². The van der Waals surface area contributed by atoms with Crippen molar-refractivity contribution in [3.8, 4) is 11.5 Å². The van der Waals surface area contributed by atoms with Crippen molar-refractivity contribution in [2.24, 2.45) is 0 Å². The first kappa shape index (κ1) is 9.83. The second-order valence-corrected chi connectivity index (χ2v) is 3.75. The third kappa shape index (κ3) is 2.03. The van der Waals surface area contributed by atoms with Gasteiger partial charge in [0.05, 0.1) is 5.56 Å². The zero-order valence-electron chi connectivity index (χ0n) is 9.06. The third-order valence-corrected chi connectivity index (χ3v) is 2.15. The maximum Gasteiger partial charge on any atom is 0.249 e. The minimum atomic E-state index is 0.434. The Labute approximate surface area is 88.4 Å². The van der Waals surface area contributed by atoms with Gasteiger partial charge in [0.1, 0.15) is 0 Å². The SMILES string of the molecule is Cc1nnc(-c2ccc(C(C)C)nc2)o1. The molecule has 0 aromatic carbocycles. The summed E-state index contributed by atoms with van der Waals surface area (Å²) in [6.45, 7) is 5.99. The van der Waals surface area contributed by atoms with Crippen LogP contribution in [-0.4, -0.2) is 15.2 Å². The van der Waals surface area contributed by atoms with Gasteiger partial charge in [-0.3, -0.25) is 4.98 Å². The Morgan fingerprint density at radius 3 is 2.47 bits per heavy atom. The Bertz CT molecular complexity index is 445. The van der Waals surface area contributed by atoms with E-state index in [-0.39, 0.29) is 0 Å². The summed E-state index contributed by atoms with van der Waals surface area (Å²) in [6, 6.07) is 3.94. The van der Waals surface area contributed by atoms with Crippen molar-refractivity contribution in [2.75, 3.05) is 0 Å². The zero-order chi connectivity index (χ0) is 10.8. The number of aromatic nitrogens is 3. The first-order valence-corrected chi connectivity index (χ1v) is 4.93. The van der Waals surface area contributed by atoms with Gasteiger partial charge in [0.25, 0.3) is 0 Å². The van der Waals surface area contributed by atoms with Gasteiger partial charge < -0.3 is 4.42 Å². The lowest BCUT2D eigenvalue weighted by Gasteiger charge is -2.03. The van der Waals surface area contributed by atoms with Crippen molar-refractivity contribution in [1.82, 2.24) is 15.2 Å². The summed E-state index contributed by atoms with van der Waals surface area (Å²) < 4.78 is 5.31. The predicted molar refractivity (Wildman–Crippen MR) is 56.4 cm³/mol. The lowest BCUT2D eigenvalue weighted by Crippen LogP contribution is -1.91. The number of pyridine rings is 1. The van der Waals surface area contributed by atoms with E-state index in [0.29, 0.717) is 17.7 Å². The summed E-state index contributed by atoms with van der Waals surface area (Å²) in [5.74, 6) is 1.52. The number of aryl methyl sites for hydroxylation is 1. The molecule has 0 fully saturated rings. The lowest BCUT2D eigenvalue weighted by atomic mass is 10.1. The molecule has 2 rings (SSSR count). The molecule has 4 nitrogen and oxygen atoms in total. The molecule has 0 N–H and O–H groups in total. The molecule has 4 heteroatoms. The normalized spacial score (nSPS) is 10.9. The second kappa shape index (κ2) is 3.81. The molecule has 78 valence electrons. The maximum absolute atomic E-state index is 5.31. The van der Waals surface area contributed by atoms with Crippen LogP contribution in [0.3, 0.4) is 0 Å². The van der Waals surface area contributed by atoms with Crippen LogP contribution in [0.1, 0.15) is 31.4 Å². The Kier molecular flexibility index (Phi) is 2.49. The standard InChI is InChI=1S/C11H13N3O/c1-7(2)10-5-4-9(6-12-10)11-14-13-8(3)15-11/h4-7H,1-3H3. The minimum Gasteiger partial charge on any atom is -0.421 e. The van der Waals surface area contributed by atoms with Crippen LogP contribution in [0.4, 0.5) is 0 Å². The molecule has 0 aliphatic heterocycles. The topological polar surface area (TPSA) is 51.8 Å². The van der Waals surface area contributed by atoms with E-state index in [1.54, 1.807) is 13.1 Å². The molecule has 0 atom stereocenters. The summed E-state index contributed by atoms with van der Waals surface area (Å²) in [5, 5.41) is 7.71. The Balaban J connectivity index is 2.31. The highest BCUT2D eigenvalue weighted by Gasteiger charge is 2.07. The summed E-state index contributed by atoms with van der Waals surface area (Å²) in [6.07, 6.45) is 1.77. The molecule has 0 bridgehead atoms. The lowest BCUT2D eigenvalue weighted by molar-refractivity contribution is 0.532. The van der Waals surface area contributed by atoms with Crippen LogP contribution < -0.4 is 0 Å². The molecule has 0 radical (unpaired) electrons. The summed E-state index contributed by atoms with van der Waals surface area (Å²) >= 11 is 0. The van der Waals surface area contributed by atoms with Crippen molar-refractivity contribution < 1.29 is 4.42 Å². The number of hydrogen-bond donors (Lipinski definition) is 0. The smallest absolute Gasteiger partial charge is 0.249 e. The average Bonchev–Trinajstić information content (AvgIpc) is 2.65. The fourth-order valence-corrected chi connectivity index (χ4v) is 1.29. The fourth-order valence-electron chi connectivity index (χ4n) is 1.29. The molecule has 2 aromatic rings. The van der Waals surface area contributed by atoms with Crippen molar-refractivity contribution in [1.29, 1.82) is 0 Å². The van der Waals surface area contributed by atoms with Crippen molar-refractivity contribution >= 4 is 0 Å². The highest BCUT2D eigenvalue weighted by molar-refractivity contribution is 5.50. The van der Waals surface area contributed by atoms with Crippen LogP contribution in [-0.2, 0) is 0 Å². The Morgan fingerprint density at radius 2 is 2.00 bits per heavy atom. The van der Waals surface area contributed by atoms with Gasteiger partial charge in [-0.05, 0) is 18.1 Å². The summed E-state index contributed by atoms with van der Waals surface area (Å²) in [7, 11) is 0. The molecule has 0 saturated heterocycles. The Morgan fingerprint density at radius 1 is 1.20 bits per heavy atom.